The molecule has 0 aliphatic heterocycles. The second-order valence-corrected chi connectivity index (χ2v) is 4.58. The normalized spacial score (nSPS) is 10.2. The number of carbonyl (C=O) groups is 1. The summed E-state index contributed by atoms with van der Waals surface area (Å²) in [6.07, 6.45) is 0.701. The predicted molar refractivity (Wildman–Crippen MR) is 74.2 cm³/mol. The molecule has 1 aromatic carbocycles. The number of nitrogens with zero attached hydrogens (tertiary/aromatic N) is 1. The summed E-state index contributed by atoms with van der Waals surface area (Å²) in [5.41, 5.74) is 0.147. The first-order valence-electron chi connectivity index (χ1n) is 5.86. The molecule has 0 heterocycles. The highest BCUT2D eigenvalue weighted by atomic mass is 79.9. The molecule has 7 heteroatoms. The van der Waals surface area contributed by atoms with Gasteiger partial charge in [0.05, 0.1) is 10.5 Å². The van der Waals surface area contributed by atoms with Gasteiger partial charge in [-0.1, -0.05) is 0 Å². The van der Waals surface area contributed by atoms with Crippen LogP contribution in [0.15, 0.2) is 22.7 Å². The Morgan fingerprint density at radius 1 is 1.53 bits per heavy atom. The number of non-ortho nitro benzene ring substituents is 1. The van der Waals surface area contributed by atoms with Crippen molar-refractivity contribution in [3.63, 3.8) is 0 Å². The largest absolute Gasteiger partial charge is 0.382 e. The number of hydrogen-bond acceptors (Lipinski definition) is 4. The van der Waals surface area contributed by atoms with Crippen molar-refractivity contribution >= 4 is 27.5 Å². The molecular formula is C12H15BrN2O4. The van der Waals surface area contributed by atoms with E-state index in [1.54, 1.807) is 0 Å². The molecule has 6 nitrogen and oxygen atoms in total. The van der Waals surface area contributed by atoms with Gasteiger partial charge < -0.3 is 10.1 Å². The molecule has 0 fully saturated rings. The van der Waals surface area contributed by atoms with Gasteiger partial charge in [0.15, 0.2) is 0 Å². The molecule has 1 aromatic rings. The molecule has 0 saturated carbocycles. The lowest BCUT2D eigenvalue weighted by Gasteiger charge is -2.07. The number of hydrogen-bond donors (Lipinski definition) is 1. The number of amides is 1. The maximum atomic E-state index is 11.9. The monoisotopic (exact) mass is 330 g/mol. The van der Waals surface area contributed by atoms with E-state index >= 15 is 0 Å². The Morgan fingerprint density at radius 3 is 2.89 bits per heavy atom. The third-order valence-electron chi connectivity index (χ3n) is 2.36. The molecule has 0 saturated heterocycles. The van der Waals surface area contributed by atoms with Crippen molar-refractivity contribution in [3.05, 3.63) is 38.3 Å². The molecule has 0 radical (unpaired) electrons. The molecule has 0 bridgehead atoms. The summed E-state index contributed by atoms with van der Waals surface area (Å²) < 4.78 is 5.67. The zero-order chi connectivity index (χ0) is 14.3. The molecule has 1 rings (SSSR count). The second kappa shape index (κ2) is 7.85. The summed E-state index contributed by atoms with van der Waals surface area (Å²) in [7, 11) is 0. The first kappa shape index (κ1) is 15.6. The predicted octanol–water partition coefficient (Wildman–Crippen LogP) is 2.51. The van der Waals surface area contributed by atoms with Crippen LogP contribution in [-0.2, 0) is 4.74 Å². The summed E-state index contributed by atoms with van der Waals surface area (Å²) in [5, 5.41) is 13.4. The number of nitro benzene ring substituents is 1. The lowest BCUT2D eigenvalue weighted by atomic mass is 10.2. The van der Waals surface area contributed by atoms with Crippen LogP contribution in [0.4, 0.5) is 5.69 Å². The fraction of sp³-hybridized carbons (Fsp3) is 0.417. The third kappa shape index (κ3) is 4.96. The molecule has 1 N–H and O–H groups in total. The van der Waals surface area contributed by atoms with Crippen molar-refractivity contribution < 1.29 is 14.5 Å². The number of ether oxygens (including phenoxy) is 1. The minimum absolute atomic E-state index is 0.109. The highest BCUT2D eigenvalue weighted by Gasteiger charge is 2.14. The average molecular weight is 331 g/mol. The molecule has 104 valence electrons. The van der Waals surface area contributed by atoms with Gasteiger partial charge in [-0.3, -0.25) is 14.9 Å². The van der Waals surface area contributed by atoms with Crippen molar-refractivity contribution in [3.8, 4) is 0 Å². The van der Waals surface area contributed by atoms with Crippen LogP contribution < -0.4 is 5.32 Å². The maximum Gasteiger partial charge on any atom is 0.270 e. The van der Waals surface area contributed by atoms with Crippen LogP contribution in [0.1, 0.15) is 23.7 Å². The number of nitro groups is 1. The SMILES string of the molecule is CCOCCCNC(=O)c1cc([N+](=O)[O-])ccc1Br. The molecular weight excluding hydrogens is 316 g/mol. The molecule has 0 aromatic heterocycles. The van der Waals surface area contributed by atoms with Gasteiger partial charge in [-0.15, -0.1) is 0 Å². The van der Waals surface area contributed by atoms with Crippen molar-refractivity contribution in [1.82, 2.24) is 5.32 Å². The Balaban J connectivity index is 2.61. The van der Waals surface area contributed by atoms with Crippen molar-refractivity contribution in [2.75, 3.05) is 19.8 Å². The van der Waals surface area contributed by atoms with Crippen LogP contribution in [0.5, 0.6) is 0 Å². The Morgan fingerprint density at radius 2 is 2.26 bits per heavy atom. The highest BCUT2D eigenvalue weighted by molar-refractivity contribution is 9.10. The van der Waals surface area contributed by atoms with E-state index < -0.39 is 4.92 Å². The van der Waals surface area contributed by atoms with E-state index in [-0.39, 0.29) is 17.2 Å². The highest BCUT2D eigenvalue weighted by Crippen LogP contribution is 2.22. The molecule has 0 aliphatic carbocycles. The minimum atomic E-state index is -0.529. The lowest BCUT2D eigenvalue weighted by molar-refractivity contribution is -0.384. The van der Waals surface area contributed by atoms with Crippen molar-refractivity contribution in [2.24, 2.45) is 0 Å². The summed E-state index contributed by atoms with van der Waals surface area (Å²) in [4.78, 5) is 22.0. The van der Waals surface area contributed by atoms with E-state index in [0.29, 0.717) is 30.7 Å². The molecule has 0 unspecified atom stereocenters. The zero-order valence-electron chi connectivity index (χ0n) is 10.5. The Kier molecular flexibility index (Phi) is 6.44. The minimum Gasteiger partial charge on any atom is -0.382 e. The number of nitrogens with one attached hydrogen (secondary N) is 1. The third-order valence-corrected chi connectivity index (χ3v) is 3.05. The van der Waals surface area contributed by atoms with Crippen LogP contribution in [0.25, 0.3) is 0 Å². The quantitative estimate of drug-likeness (QED) is 0.473. The van der Waals surface area contributed by atoms with Crippen molar-refractivity contribution in [2.45, 2.75) is 13.3 Å². The summed E-state index contributed by atoms with van der Waals surface area (Å²) >= 11 is 3.21. The van der Waals surface area contributed by atoms with Gasteiger partial charge in [-0.05, 0) is 35.3 Å². The number of halogens is 1. The number of rotatable bonds is 7. The van der Waals surface area contributed by atoms with Gasteiger partial charge in [0.1, 0.15) is 0 Å². The van der Waals surface area contributed by atoms with E-state index in [1.165, 1.54) is 18.2 Å². The van der Waals surface area contributed by atoms with E-state index in [0.717, 1.165) is 0 Å². The van der Waals surface area contributed by atoms with Gasteiger partial charge in [0.25, 0.3) is 11.6 Å². The standard InChI is InChI=1S/C12H15BrN2O4/c1-2-19-7-3-6-14-12(16)10-8-9(15(17)18)4-5-11(10)13/h4-5,8H,2-3,6-7H2,1H3,(H,14,16). The van der Waals surface area contributed by atoms with E-state index in [4.69, 9.17) is 4.74 Å². The Labute approximate surface area is 119 Å². The van der Waals surface area contributed by atoms with Gasteiger partial charge in [-0.25, -0.2) is 0 Å². The van der Waals surface area contributed by atoms with Gasteiger partial charge in [-0.2, -0.15) is 0 Å². The number of benzene rings is 1. The average Bonchev–Trinajstić information content (AvgIpc) is 2.38. The fourth-order valence-corrected chi connectivity index (χ4v) is 1.84. The van der Waals surface area contributed by atoms with Crippen LogP contribution in [0.2, 0.25) is 0 Å². The molecule has 0 atom stereocenters. The first-order chi connectivity index (χ1) is 9.06. The Hall–Kier alpha value is -1.47. The first-order valence-corrected chi connectivity index (χ1v) is 6.65. The van der Waals surface area contributed by atoms with E-state index in [2.05, 4.69) is 21.2 Å². The van der Waals surface area contributed by atoms with E-state index in [9.17, 15) is 14.9 Å². The molecule has 0 spiro atoms. The van der Waals surface area contributed by atoms with E-state index in [1.807, 2.05) is 6.92 Å². The fourth-order valence-electron chi connectivity index (χ4n) is 1.42. The van der Waals surface area contributed by atoms with Crippen LogP contribution in [0.3, 0.4) is 0 Å². The molecule has 19 heavy (non-hydrogen) atoms. The van der Waals surface area contributed by atoms with Crippen LogP contribution in [0, 0.1) is 10.1 Å². The summed E-state index contributed by atoms with van der Waals surface area (Å²) in [6, 6.07) is 4.09. The second-order valence-electron chi connectivity index (χ2n) is 3.73. The zero-order valence-corrected chi connectivity index (χ0v) is 12.1. The smallest absolute Gasteiger partial charge is 0.270 e. The van der Waals surface area contributed by atoms with Crippen LogP contribution >= 0.6 is 15.9 Å². The van der Waals surface area contributed by atoms with Gasteiger partial charge in [0.2, 0.25) is 0 Å². The van der Waals surface area contributed by atoms with Crippen LogP contribution in [-0.4, -0.2) is 30.6 Å². The topological polar surface area (TPSA) is 81.5 Å². The lowest BCUT2D eigenvalue weighted by Crippen LogP contribution is -2.25. The van der Waals surface area contributed by atoms with Gasteiger partial charge in [0, 0.05) is 36.4 Å². The summed E-state index contributed by atoms with van der Waals surface area (Å²) in [5.74, 6) is -0.341. The van der Waals surface area contributed by atoms with Crippen molar-refractivity contribution in [1.29, 1.82) is 0 Å². The number of carbonyl (C=O) groups excluding carboxylic acids is 1. The molecule has 0 aliphatic rings. The molecule has 1 amide bonds. The van der Waals surface area contributed by atoms with Gasteiger partial charge >= 0.3 is 0 Å². The Bertz CT molecular complexity index is 465. The maximum absolute atomic E-state index is 11.9. The summed E-state index contributed by atoms with van der Waals surface area (Å²) in [6.45, 7) is 3.59.